The van der Waals surface area contributed by atoms with Crippen LogP contribution in [-0.2, 0) is 23.9 Å². The first-order valence-electron chi connectivity index (χ1n) is 7.28. The zero-order valence-corrected chi connectivity index (χ0v) is 14.1. The third-order valence-corrected chi connectivity index (χ3v) is 3.29. The van der Waals surface area contributed by atoms with Crippen LogP contribution in [0.25, 0.3) is 0 Å². The summed E-state index contributed by atoms with van der Waals surface area (Å²) in [5, 5.41) is 8.85. The number of carbonyl (C=O) groups is 3. The zero-order chi connectivity index (χ0) is 18.0. The molecule has 0 rings (SSSR count). The minimum atomic E-state index is -0.910. The number of hydrogen-bond donors (Lipinski definition) is 1. The smallest absolute Gasteiger partial charge is 0.333 e. The molecule has 1 N–H and O–H groups in total. The summed E-state index contributed by atoms with van der Waals surface area (Å²) in [6, 6.07) is 0. The van der Waals surface area contributed by atoms with E-state index in [1.807, 2.05) is 7.05 Å². The van der Waals surface area contributed by atoms with Crippen LogP contribution in [0.1, 0.15) is 20.3 Å². The number of rotatable bonds is 11. The summed E-state index contributed by atoms with van der Waals surface area (Å²) < 4.78 is 10.4. The molecule has 0 spiro atoms. The number of aliphatic carboxylic acids is 1. The van der Waals surface area contributed by atoms with Crippen LogP contribution in [-0.4, -0.2) is 67.4 Å². The molecule has 7 nitrogen and oxygen atoms in total. The lowest BCUT2D eigenvalue weighted by atomic mass is 10.3. The highest BCUT2D eigenvalue weighted by Gasteiger charge is 2.24. The van der Waals surface area contributed by atoms with Gasteiger partial charge in [0.25, 0.3) is 0 Å². The quantitative estimate of drug-likeness (QED) is 0.348. The molecule has 0 aromatic carbocycles. The molecule has 0 radical (unpaired) electrons. The van der Waals surface area contributed by atoms with Gasteiger partial charge in [-0.15, -0.1) is 0 Å². The van der Waals surface area contributed by atoms with Crippen LogP contribution in [0.5, 0.6) is 0 Å². The van der Waals surface area contributed by atoms with Gasteiger partial charge in [0.1, 0.15) is 26.3 Å². The highest BCUT2D eigenvalue weighted by Crippen LogP contribution is 2.06. The van der Waals surface area contributed by atoms with Crippen molar-refractivity contribution in [3.63, 3.8) is 0 Å². The molecule has 130 valence electrons. The van der Waals surface area contributed by atoms with Crippen molar-refractivity contribution >= 4 is 17.9 Å². The number of ether oxygens (including phenoxy) is 2. The molecule has 0 atom stereocenters. The summed E-state index contributed by atoms with van der Waals surface area (Å²) in [7, 11) is 1.83. The lowest BCUT2D eigenvalue weighted by molar-refractivity contribution is -0.909. The molecule has 0 aromatic rings. The van der Waals surface area contributed by atoms with E-state index in [1.165, 1.54) is 0 Å². The fourth-order valence-electron chi connectivity index (χ4n) is 1.66. The van der Waals surface area contributed by atoms with E-state index >= 15 is 0 Å². The number of nitrogens with zero attached hydrogens (tertiary/aromatic N) is 1. The Balaban J connectivity index is 4.52. The molecule has 23 heavy (non-hydrogen) atoms. The van der Waals surface area contributed by atoms with Gasteiger partial charge >= 0.3 is 17.9 Å². The van der Waals surface area contributed by atoms with Crippen LogP contribution < -0.4 is 0 Å². The van der Waals surface area contributed by atoms with Crippen molar-refractivity contribution in [2.75, 3.05) is 39.9 Å². The minimum absolute atomic E-state index is 0.0284. The van der Waals surface area contributed by atoms with Crippen LogP contribution >= 0.6 is 0 Å². The van der Waals surface area contributed by atoms with E-state index < -0.39 is 17.9 Å². The second-order valence-electron chi connectivity index (χ2n) is 5.77. The summed E-state index contributed by atoms with van der Waals surface area (Å²) >= 11 is 0. The predicted molar refractivity (Wildman–Crippen MR) is 84.6 cm³/mol. The van der Waals surface area contributed by atoms with Gasteiger partial charge in [-0.05, 0) is 13.8 Å². The second-order valence-corrected chi connectivity index (χ2v) is 5.77. The van der Waals surface area contributed by atoms with Crippen molar-refractivity contribution in [2.24, 2.45) is 0 Å². The molecule has 0 heterocycles. The number of carboxylic acid groups (broad SMARTS) is 1. The van der Waals surface area contributed by atoms with Crippen LogP contribution in [0.4, 0.5) is 0 Å². The number of quaternary nitrogens is 1. The zero-order valence-electron chi connectivity index (χ0n) is 14.1. The highest BCUT2D eigenvalue weighted by molar-refractivity contribution is 5.87. The Bertz CT molecular complexity index is 451. The van der Waals surface area contributed by atoms with Gasteiger partial charge in [-0.25, -0.2) is 9.59 Å². The minimum Gasteiger partial charge on any atom is -0.481 e. The molecule has 0 aliphatic carbocycles. The fraction of sp³-hybridized carbons (Fsp3) is 0.562. The molecule has 0 aliphatic heterocycles. The van der Waals surface area contributed by atoms with Gasteiger partial charge in [0.05, 0.1) is 20.0 Å². The average molecular weight is 328 g/mol. The fourth-order valence-corrected chi connectivity index (χ4v) is 1.66. The predicted octanol–water partition coefficient (Wildman–Crippen LogP) is 1.15. The average Bonchev–Trinajstić information content (AvgIpc) is 2.44. The molecule has 0 bridgehead atoms. The summed E-state index contributed by atoms with van der Waals surface area (Å²) in [6.45, 7) is 11.5. The van der Waals surface area contributed by atoms with E-state index in [0.717, 1.165) is 0 Å². The number of esters is 2. The van der Waals surface area contributed by atoms with Crippen molar-refractivity contribution in [1.82, 2.24) is 0 Å². The third kappa shape index (κ3) is 9.46. The molecular formula is C16H26NO6+. The van der Waals surface area contributed by atoms with Gasteiger partial charge in [-0.1, -0.05) is 13.2 Å². The van der Waals surface area contributed by atoms with E-state index in [2.05, 4.69) is 13.2 Å². The Morgan fingerprint density at radius 2 is 1.30 bits per heavy atom. The maximum atomic E-state index is 11.4. The van der Waals surface area contributed by atoms with E-state index in [-0.39, 0.29) is 19.6 Å². The monoisotopic (exact) mass is 328 g/mol. The largest absolute Gasteiger partial charge is 0.481 e. The van der Waals surface area contributed by atoms with Gasteiger partial charge in [0.15, 0.2) is 0 Å². The molecule has 0 unspecified atom stereocenters. The van der Waals surface area contributed by atoms with Crippen LogP contribution in [0.15, 0.2) is 24.3 Å². The number of likely N-dealkylation sites (N-methyl/N-ethyl adjacent to an activating group) is 1. The molecule has 0 fully saturated rings. The van der Waals surface area contributed by atoms with Crippen LogP contribution in [0, 0.1) is 0 Å². The number of carboxylic acids is 1. The summed E-state index contributed by atoms with van der Waals surface area (Å²) in [4.78, 5) is 33.5. The maximum absolute atomic E-state index is 11.4. The van der Waals surface area contributed by atoms with E-state index in [0.29, 0.717) is 35.3 Å². The van der Waals surface area contributed by atoms with Crippen molar-refractivity contribution in [2.45, 2.75) is 20.3 Å². The first-order valence-corrected chi connectivity index (χ1v) is 7.28. The SMILES string of the molecule is C=C(C)C(=O)OCC[N+](C)(CCOC(=O)C(=C)C)CCC(=O)O. The Morgan fingerprint density at radius 1 is 0.913 bits per heavy atom. The lowest BCUT2D eigenvalue weighted by Crippen LogP contribution is -2.50. The van der Waals surface area contributed by atoms with Crippen molar-refractivity contribution in [3.8, 4) is 0 Å². The Labute approximate surface area is 136 Å². The van der Waals surface area contributed by atoms with E-state index in [9.17, 15) is 14.4 Å². The first kappa shape index (κ1) is 20.9. The first-order chi connectivity index (χ1) is 10.6. The number of hydrogen-bond acceptors (Lipinski definition) is 5. The molecule has 0 saturated carbocycles. The van der Waals surface area contributed by atoms with E-state index in [4.69, 9.17) is 14.6 Å². The third-order valence-electron chi connectivity index (χ3n) is 3.29. The van der Waals surface area contributed by atoms with Crippen LogP contribution in [0.3, 0.4) is 0 Å². The Morgan fingerprint density at radius 3 is 1.61 bits per heavy atom. The highest BCUT2D eigenvalue weighted by atomic mass is 16.5. The molecule has 0 saturated heterocycles. The standard InChI is InChI=1S/C16H25NO6/c1-12(2)15(20)22-10-8-17(5,7-6-14(18)19)9-11-23-16(21)13(3)4/h1,3,6-11H2,2,4-5H3/p+1. The topological polar surface area (TPSA) is 89.9 Å². The molecule has 0 aromatic heterocycles. The molecule has 0 aliphatic rings. The summed E-state index contributed by atoms with van der Waals surface area (Å²) in [5.41, 5.74) is 0.611. The molecule has 0 amide bonds. The van der Waals surface area contributed by atoms with Gasteiger partial charge in [-0.3, -0.25) is 4.79 Å². The van der Waals surface area contributed by atoms with Crippen molar-refractivity contribution in [1.29, 1.82) is 0 Å². The van der Waals surface area contributed by atoms with Gasteiger partial charge in [-0.2, -0.15) is 0 Å². The number of carbonyl (C=O) groups excluding carboxylic acids is 2. The van der Waals surface area contributed by atoms with Gasteiger partial charge in [0, 0.05) is 11.1 Å². The molecule has 7 heteroatoms. The van der Waals surface area contributed by atoms with E-state index in [1.54, 1.807) is 13.8 Å². The maximum Gasteiger partial charge on any atom is 0.333 e. The molecular weight excluding hydrogens is 302 g/mol. The summed E-state index contributed by atoms with van der Waals surface area (Å²) in [5.74, 6) is -1.88. The Kier molecular flexibility index (Phi) is 8.87. The van der Waals surface area contributed by atoms with Crippen LogP contribution in [0.2, 0.25) is 0 Å². The van der Waals surface area contributed by atoms with Gasteiger partial charge < -0.3 is 19.1 Å². The normalized spacial score (nSPS) is 10.7. The second kappa shape index (κ2) is 9.78. The Hall–Kier alpha value is -2.15. The van der Waals surface area contributed by atoms with Crippen molar-refractivity contribution in [3.05, 3.63) is 24.3 Å². The van der Waals surface area contributed by atoms with Gasteiger partial charge in [0.2, 0.25) is 0 Å². The van der Waals surface area contributed by atoms with Crippen molar-refractivity contribution < 1.29 is 33.4 Å². The summed E-state index contributed by atoms with van der Waals surface area (Å²) in [6.07, 6.45) is -0.0284. The lowest BCUT2D eigenvalue weighted by Gasteiger charge is -2.33.